The third-order valence-corrected chi connectivity index (χ3v) is 4.86. The summed E-state index contributed by atoms with van der Waals surface area (Å²) in [6, 6.07) is 5.90. The molecule has 5 nitrogen and oxygen atoms in total. The molecule has 0 atom stereocenters. The zero-order valence-electron chi connectivity index (χ0n) is 11.5. The molecule has 0 bridgehead atoms. The van der Waals surface area contributed by atoms with Gasteiger partial charge in [0, 0.05) is 30.2 Å². The normalized spacial score (nSPS) is 10.4. The van der Waals surface area contributed by atoms with Gasteiger partial charge >= 0.3 is 0 Å². The zero-order valence-corrected chi connectivity index (χ0v) is 13.8. The summed E-state index contributed by atoms with van der Waals surface area (Å²) in [5, 5.41) is 17.6. The Morgan fingerprint density at radius 2 is 2.23 bits per heavy atom. The third-order valence-electron chi connectivity index (χ3n) is 2.79. The molecule has 2 rings (SSSR count). The van der Waals surface area contributed by atoms with Crippen LogP contribution in [-0.2, 0) is 5.75 Å². The molecule has 0 unspecified atom stereocenters. The van der Waals surface area contributed by atoms with Gasteiger partial charge in [0.25, 0.3) is 11.6 Å². The molecular weight excluding hydrogens is 344 g/mol. The van der Waals surface area contributed by atoms with Crippen LogP contribution in [0.25, 0.3) is 0 Å². The first-order valence-corrected chi connectivity index (χ1v) is 8.86. The van der Waals surface area contributed by atoms with Crippen molar-refractivity contribution in [2.75, 3.05) is 12.3 Å². The number of nitrogens with zero attached hydrogens (tertiary/aromatic N) is 1. The van der Waals surface area contributed by atoms with Crippen molar-refractivity contribution in [3.63, 3.8) is 0 Å². The van der Waals surface area contributed by atoms with E-state index in [4.69, 9.17) is 11.6 Å². The predicted molar refractivity (Wildman–Crippen MR) is 90.9 cm³/mol. The van der Waals surface area contributed by atoms with E-state index in [0.717, 1.165) is 11.5 Å². The Kier molecular flexibility index (Phi) is 6.23. The summed E-state index contributed by atoms with van der Waals surface area (Å²) in [4.78, 5) is 22.0. The van der Waals surface area contributed by atoms with Crippen LogP contribution in [0.15, 0.2) is 35.0 Å². The van der Waals surface area contributed by atoms with E-state index < -0.39 is 4.92 Å². The minimum absolute atomic E-state index is 0.0811. The van der Waals surface area contributed by atoms with Gasteiger partial charge in [-0.25, -0.2) is 0 Å². The van der Waals surface area contributed by atoms with Gasteiger partial charge in [0.15, 0.2) is 0 Å². The van der Waals surface area contributed by atoms with Gasteiger partial charge in [0.1, 0.15) is 0 Å². The maximum Gasteiger partial charge on any atom is 0.270 e. The lowest BCUT2D eigenvalue weighted by atomic mass is 10.2. The number of thiophene rings is 1. The van der Waals surface area contributed by atoms with Crippen molar-refractivity contribution in [3.8, 4) is 0 Å². The Balaban J connectivity index is 1.78. The number of amides is 1. The maximum absolute atomic E-state index is 12.0. The van der Waals surface area contributed by atoms with Crippen molar-refractivity contribution < 1.29 is 9.72 Å². The minimum Gasteiger partial charge on any atom is -0.351 e. The first-order valence-electron chi connectivity index (χ1n) is 6.39. The van der Waals surface area contributed by atoms with Crippen molar-refractivity contribution >= 4 is 46.3 Å². The van der Waals surface area contributed by atoms with Crippen molar-refractivity contribution in [3.05, 3.63) is 61.3 Å². The summed E-state index contributed by atoms with van der Waals surface area (Å²) < 4.78 is 0. The number of hydrogen-bond donors (Lipinski definition) is 1. The number of benzene rings is 1. The van der Waals surface area contributed by atoms with E-state index in [1.807, 2.05) is 5.38 Å². The molecule has 0 saturated carbocycles. The van der Waals surface area contributed by atoms with E-state index in [1.54, 1.807) is 23.1 Å². The highest BCUT2D eigenvalue weighted by atomic mass is 35.5. The fraction of sp³-hybridized carbons (Fsp3) is 0.214. The Labute approximate surface area is 140 Å². The lowest BCUT2D eigenvalue weighted by Crippen LogP contribution is -2.26. The monoisotopic (exact) mass is 356 g/mol. The van der Waals surface area contributed by atoms with Crippen molar-refractivity contribution in [2.24, 2.45) is 0 Å². The van der Waals surface area contributed by atoms with E-state index in [-0.39, 0.29) is 22.2 Å². The van der Waals surface area contributed by atoms with E-state index in [9.17, 15) is 14.9 Å². The molecule has 8 heteroatoms. The Hall–Kier alpha value is -1.57. The molecule has 1 amide bonds. The van der Waals surface area contributed by atoms with Crippen molar-refractivity contribution in [1.29, 1.82) is 0 Å². The lowest BCUT2D eigenvalue weighted by Gasteiger charge is -2.06. The van der Waals surface area contributed by atoms with Crippen LogP contribution in [-0.4, -0.2) is 23.1 Å². The molecule has 0 fully saturated rings. The summed E-state index contributed by atoms with van der Waals surface area (Å²) in [5.41, 5.74) is 1.39. The predicted octanol–water partition coefficient (Wildman–Crippen LogP) is 3.97. The van der Waals surface area contributed by atoms with E-state index >= 15 is 0 Å². The highest BCUT2D eigenvalue weighted by Gasteiger charge is 2.14. The fourth-order valence-electron chi connectivity index (χ4n) is 1.70. The number of nitro groups is 1. The largest absolute Gasteiger partial charge is 0.351 e. The Bertz CT molecular complexity index is 662. The van der Waals surface area contributed by atoms with Gasteiger partial charge in [0.05, 0.1) is 15.5 Å². The van der Waals surface area contributed by atoms with E-state index in [2.05, 4.69) is 16.8 Å². The molecule has 2 aromatic rings. The van der Waals surface area contributed by atoms with Crippen LogP contribution in [0.4, 0.5) is 5.69 Å². The first-order chi connectivity index (χ1) is 10.6. The number of carbonyl (C=O) groups is 1. The van der Waals surface area contributed by atoms with Gasteiger partial charge in [-0.15, -0.1) is 0 Å². The molecule has 0 saturated heterocycles. The second-order valence-corrected chi connectivity index (χ2v) is 6.65. The molecule has 0 radical (unpaired) electrons. The average molecular weight is 357 g/mol. The van der Waals surface area contributed by atoms with Crippen molar-refractivity contribution in [2.45, 2.75) is 5.75 Å². The third kappa shape index (κ3) is 4.72. The first kappa shape index (κ1) is 16.8. The van der Waals surface area contributed by atoms with Gasteiger partial charge < -0.3 is 5.32 Å². The molecule has 0 spiro atoms. The van der Waals surface area contributed by atoms with Crippen molar-refractivity contribution in [1.82, 2.24) is 5.32 Å². The van der Waals surface area contributed by atoms with Crippen LogP contribution in [0, 0.1) is 10.1 Å². The van der Waals surface area contributed by atoms with Gasteiger partial charge in [-0.2, -0.15) is 23.1 Å². The fourth-order valence-corrected chi connectivity index (χ4v) is 3.54. The summed E-state index contributed by atoms with van der Waals surface area (Å²) in [5.74, 6) is 1.38. The van der Waals surface area contributed by atoms with Crippen LogP contribution >= 0.6 is 34.7 Å². The molecular formula is C14H13ClN2O3S2. The molecule has 0 aliphatic heterocycles. The molecule has 116 valence electrons. The number of thioether (sulfide) groups is 1. The molecule has 1 aromatic carbocycles. The minimum atomic E-state index is -0.547. The molecule has 22 heavy (non-hydrogen) atoms. The van der Waals surface area contributed by atoms with E-state index in [0.29, 0.717) is 6.54 Å². The molecule has 1 N–H and O–H groups in total. The summed E-state index contributed by atoms with van der Waals surface area (Å²) >= 11 is 9.30. The SMILES string of the molecule is O=C(NCCSCc1ccsc1)c1ccc([N+](=O)[O-])cc1Cl. The average Bonchev–Trinajstić information content (AvgIpc) is 2.99. The number of carbonyl (C=O) groups excluding carboxylic acids is 1. The summed E-state index contributed by atoms with van der Waals surface area (Å²) in [6.45, 7) is 0.515. The lowest BCUT2D eigenvalue weighted by molar-refractivity contribution is -0.384. The second kappa shape index (κ2) is 8.17. The Morgan fingerprint density at radius 3 is 2.86 bits per heavy atom. The van der Waals surface area contributed by atoms with Crippen LogP contribution < -0.4 is 5.32 Å². The van der Waals surface area contributed by atoms with Crippen LogP contribution in [0.2, 0.25) is 5.02 Å². The van der Waals surface area contributed by atoms with E-state index in [1.165, 1.54) is 23.8 Å². The second-order valence-electron chi connectivity index (χ2n) is 4.36. The number of halogens is 1. The summed E-state index contributed by atoms with van der Waals surface area (Å²) in [6.07, 6.45) is 0. The highest BCUT2D eigenvalue weighted by Crippen LogP contribution is 2.22. The maximum atomic E-state index is 12.0. The topological polar surface area (TPSA) is 72.2 Å². The zero-order chi connectivity index (χ0) is 15.9. The number of nitro benzene ring substituents is 1. The number of rotatable bonds is 7. The van der Waals surface area contributed by atoms with Crippen LogP contribution in [0.3, 0.4) is 0 Å². The number of hydrogen-bond acceptors (Lipinski definition) is 5. The number of nitrogens with one attached hydrogen (secondary N) is 1. The van der Waals surface area contributed by atoms with Crippen LogP contribution in [0.1, 0.15) is 15.9 Å². The molecule has 0 aliphatic rings. The molecule has 0 aliphatic carbocycles. The summed E-state index contributed by atoms with van der Waals surface area (Å²) in [7, 11) is 0. The smallest absolute Gasteiger partial charge is 0.270 e. The highest BCUT2D eigenvalue weighted by molar-refractivity contribution is 7.98. The van der Waals surface area contributed by atoms with Crippen LogP contribution in [0.5, 0.6) is 0 Å². The van der Waals surface area contributed by atoms with Gasteiger partial charge in [0.2, 0.25) is 0 Å². The standard InChI is InChI=1S/C14H13ClN2O3S2/c15-13-7-11(17(19)20)1-2-12(13)14(18)16-4-6-22-9-10-3-5-21-8-10/h1-3,5,7-8H,4,6,9H2,(H,16,18). The molecule has 1 heterocycles. The quantitative estimate of drug-likeness (QED) is 0.463. The number of non-ortho nitro benzene ring substituents is 1. The van der Waals surface area contributed by atoms with Gasteiger partial charge in [-0.05, 0) is 28.5 Å². The Morgan fingerprint density at radius 1 is 1.41 bits per heavy atom. The van der Waals surface area contributed by atoms with Gasteiger partial charge in [-0.3, -0.25) is 14.9 Å². The van der Waals surface area contributed by atoms with Gasteiger partial charge in [-0.1, -0.05) is 11.6 Å². The molecule has 1 aromatic heterocycles.